The van der Waals surface area contributed by atoms with E-state index in [1.54, 1.807) is 6.26 Å². The van der Waals surface area contributed by atoms with Crippen LogP contribution in [0.2, 0.25) is 0 Å². The molecule has 3 nitrogen and oxygen atoms in total. The summed E-state index contributed by atoms with van der Waals surface area (Å²) in [5.41, 5.74) is 2.12. The zero-order chi connectivity index (χ0) is 13.8. The van der Waals surface area contributed by atoms with Crippen LogP contribution in [0.4, 0.5) is 5.69 Å². The molecule has 2 aromatic carbocycles. The first-order valence-electron chi connectivity index (χ1n) is 6.00. The molecule has 1 atom stereocenters. The van der Waals surface area contributed by atoms with Gasteiger partial charge in [0, 0.05) is 34.7 Å². The van der Waals surface area contributed by atoms with Crippen LogP contribution >= 0.6 is 0 Å². The number of rotatable bonds is 4. The number of hydrogen-bond acceptors (Lipinski definition) is 3. The lowest BCUT2D eigenvalue weighted by Gasteiger charge is -2.10. The highest BCUT2D eigenvalue weighted by Crippen LogP contribution is 2.27. The Labute approximate surface area is 116 Å². The molecular weight excluding hydrogens is 258 g/mol. The van der Waals surface area contributed by atoms with E-state index < -0.39 is 10.8 Å². The van der Waals surface area contributed by atoms with Crippen molar-refractivity contribution in [2.24, 2.45) is 0 Å². The molecule has 100 valence electrons. The standard InChI is InChI=1S/C15H17NO2S/c1-11-10-12(16-2)4-9-15(11)18-13-5-7-14(8-6-13)19(3)17/h4-10,16H,1-3H3. The lowest BCUT2D eigenvalue weighted by atomic mass is 10.2. The minimum atomic E-state index is -0.956. The molecule has 0 fully saturated rings. The largest absolute Gasteiger partial charge is 0.457 e. The maximum atomic E-state index is 11.3. The highest BCUT2D eigenvalue weighted by Gasteiger charge is 2.03. The van der Waals surface area contributed by atoms with Crippen LogP contribution < -0.4 is 10.1 Å². The molecule has 1 N–H and O–H groups in total. The van der Waals surface area contributed by atoms with Gasteiger partial charge in [0.1, 0.15) is 11.5 Å². The normalized spacial score (nSPS) is 11.9. The van der Waals surface area contributed by atoms with E-state index >= 15 is 0 Å². The van der Waals surface area contributed by atoms with Crippen LogP contribution in [0.25, 0.3) is 0 Å². The monoisotopic (exact) mass is 275 g/mol. The second kappa shape index (κ2) is 5.89. The topological polar surface area (TPSA) is 38.3 Å². The van der Waals surface area contributed by atoms with E-state index in [1.807, 2.05) is 56.4 Å². The third-order valence-electron chi connectivity index (χ3n) is 2.85. The summed E-state index contributed by atoms with van der Waals surface area (Å²) < 4.78 is 17.1. The van der Waals surface area contributed by atoms with Gasteiger partial charge in [-0.05, 0) is 55.0 Å². The lowest BCUT2D eigenvalue weighted by Crippen LogP contribution is -1.92. The molecule has 0 radical (unpaired) electrons. The Hall–Kier alpha value is -1.81. The van der Waals surface area contributed by atoms with Crippen molar-refractivity contribution in [1.29, 1.82) is 0 Å². The Morgan fingerprint density at radius 2 is 1.79 bits per heavy atom. The van der Waals surface area contributed by atoms with Crippen LogP contribution in [-0.4, -0.2) is 17.5 Å². The molecule has 19 heavy (non-hydrogen) atoms. The lowest BCUT2D eigenvalue weighted by molar-refractivity contribution is 0.478. The third kappa shape index (κ3) is 3.35. The van der Waals surface area contributed by atoms with Gasteiger partial charge in [-0.3, -0.25) is 4.21 Å². The highest BCUT2D eigenvalue weighted by molar-refractivity contribution is 7.84. The van der Waals surface area contributed by atoms with E-state index in [2.05, 4.69) is 5.32 Å². The average Bonchev–Trinajstić information content (AvgIpc) is 2.41. The van der Waals surface area contributed by atoms with E-state index in [0.29, 0.717) is 0 Å². The molecule has 2 aromatic rings. The highest BCUT2D eigenvalue weighted by atomic mass is 32.2. The van der Waals surface area contributed by atoms with Crippen molar-refractivity contribution < 1.29 is 8.95 Å². The minimum Gasteiger partial charge on any atom is -0.457 e. The number of aryl methyl sites for hydroxylation is 1. The fraction of sp³-hybridized carbons (Fsp3) is 0.200. The van der Waals surface area contributed by atoms with Gasteiger partial charge in [-0.1, -0.05) is 0 Å². The molecule has 0 aliphatic carbocycles. The van der Waals surface area contributed by atoms with E-state index in [1.165, 1.54) is 0 Å². The van der Waals surface area contributed by atoms with Crippen molar-refractivity contribution in [3.8, 4) is 11.5 Å². The van der Waals surface area contributed by atoms with Gasteiger partial charge in [0.25, 0.3) is 0 Å². The first-order chi connectivity index (χ1) is 9.10. The van der Waals surface area contributed by atoms with Crippen LogP contribution in [0, 0.1) is 6.92 Å². The predicted octanol–water partition coefficient (Wildman–Crippen LogP) is 3.57. The molecular formula is C15H17NO2S. The molecule has 0 aromatic heterocycles. The van der Waals surface area contributed by atoms with Gasteiger partial charge in [-0.2, -0.15) is 0 Å². The van der Waals surface area contributed by atoms with Crippen molar-refractivity contribution >= 4 is 16.5 Å². The van der Waals surface area contributed by atoms with Gasteiger partial charge in [0.2, 0.25) is 0 Å². The van der Waals surface area contributed by atoms with Crippen molar-refractivity contribution in [2.75, 3.05) is 18.6 Å². The Kier molecular flexibility index (Phi) is 4.22. The van der Waals surface area contributed by atoms with Gasteiger partial charge >= 0.3 is 0 Å². The molecule has 0 aliphatic rings. The van der Waals surface area contributed by atoms with Crippen LogP contribution in [0.1, 0.15) is 5.56 Å². The number of nitrogens with one attached hydrogen (secondary N) is 1. The molecule has 0 heterocycles. The summed E-state index contributed by atoms with van der Waals surface area (Å²) in [4.78, 5) is 0.801. The SMILES string of the molecule is CNc1ccc(Oc2ccc(S(C)=O)cc2)c(C)c1. The Morgan fingerprint density at radius 1 is 1.11 bits per heavy atom. The number of ether oxygens (including phenoxy) is 1. The Balaban J connectivity index is 2.19. The Bertz CT molecular complexity index is 594. The maximum Gasteiger partial charge on any atom is 0.130 e. The van der Waals surface area contributed by atoms with Gasteiger partial charge in [0.15, 0.2) is 0 Å². The summed E-state index contributed by atoms with van der Waals surface area (Å²) >= 11 is 0. The van der Waals surface area contributed by atoms with Crippen LogP contribution in [0.5, 0.6) is 11.5 Å². The number of benzene rings is 2. The van der Waals surface area contributed by atoms with Gasteiger partial charge in [-0.15, -0.1) is 0 Å². The third-order valence-corrected chi connectivity index (χ3v) is 3.78. The summed E-state index contributed by atoms with van der Waals surface area (Å²) in [6, 6.07) is 13.3. The molecule has 2 rings (SSSR count). The first kappa shape index (κ1) is 13.6. The van der Waals surface area contributed by atoms with Gasteiger partial charge in [0.05, 0.1) is 0 Å². The fourth-order valence-electron chi connectivity index (χ4n) is 1.75. The molecule has 4 heteroatoms. The summed E-state index contributed by atoms with van der Waals surface area (Å²) in [5.74, 6) is 1.57. The second-order valence-corrected chi connectivity index (χ2v) is 5.64. The molecule has 0 saturated carbocycles. The van der Waals surface area contributed by atoms with Crippen LogP contribution in [0.3, 0.4) is 0 Å². The first-order valence-corrected chi connectivity index (χ1v) is 7.55. The smallest absolute Gasteiger partial charge is 0.130 e. The van der Waals surface area contributed by atoms with Crippen LogP contribution in [-0.2, 0) is 10.8 Å². The summed E-state index contributed by atoms with van der Waals surface area (Å²) in [6.07, 6.45) is 1.66. The van der Waals surface area contributed by atoms with Crippen molar-refractivity contribution in [2.45, 2.75) is 11.8 Å². The predicted molar refractivity (Wildman–Crippen MR) is 79.6 cm³/mol. The van der Waals surface area contributed by atoms with E-state index in [-0.39, 0.29) is 0 Å². The molecule has 0 bridgehead atoms. The molecule has 0 amide bonds. The van der Waals surface area contributed by atoms with Gasteiger partial charge < -0.3 is 10.1 Å². The molecule has 0 saturated heterocycles. The van der Waals surface area contributed by atoms with E-state index in [9.17, 15) is 4.21 Å². The fourth-order valence-corrected chi connectivity index (χ4v) is 2.27. The molecule has 1 unspecified atom stereocenters. The molecule has 0 spiro atoms. The second-order valence-electron chi connectivity index (χ2n) is 4.26. The van der Waals surface area contributed by atoms with Crippen molar-refractivity contribution in [3.05, 3.63) is 48.0 Å². The maximum absolute atomic E-state index is 11.3. The summed E-state index contributed by atoms with van der Waals surface area (Å²) in [6.45, 7) is 2.01. The zero-order valence-corrected chi connectivity index (χ0v) is 12.1. The van der Waals surface area contributed by atoms with Crippen molar-refractivity contribution in [1.82, 2.24) is 0 Å². The summed E-state index contributed by atoms with van der Waals surface area (Å²) in [5, 5.41) is 3.09. The number of hydrogen-bond donors (Lipinski definition) is 1. The van der Waals surface area contributed by atoms with E-state index in [4.69, 9.17) is 4.74 Å². The summed E-state index contributed by atoms with van der Waals surface area (Å²) in [7, 11) is 0.932. The number of anilines is 1. The minimum absolute atomic E-state index is 0.745. The van der Waals surface area contributed by atoms with Gasteiger partial charge in [-0.25, -0.2) is 0 Å². The molecule has 0 aliphatic heterocycles. The Morgan fingerprint density at radius 3 is 2.32 bits per heavy atom. The quantitative estimate of drug-likeness (QED) is 0.927. The van der Waals surface area contributed by atoms with Crippen molar-refractivity contribution in [3.63, 3.8) is 0 Å². The zero-order valence-electron chi connectivity index (χ0n) is 11.3. The van der Waals surface area contributed by atoms with E-state index in [0.717, 1.165) is 27.6 Å². The van der Waals surface area contributed by atoms with Crippen LogP contribution in [0.15, 0.2) is 47.4 Å². The average molecular weight is 275 g/mol.